The Balaban J connectivity index is 1.56. The van der Waals surface area contributed by atoms with Crippen LogP contribution < -0.4 is 10.1 Å². The van der Waals surface area contributed by atoms with E-state index in [-0.39, 0.29) is 35.1 Å². The van der Waals surface area contributed by atoms with Crippen LogP contribution in [0.2, 0.25) is 0 Å². The lowest BCUT2D eigenvalue weighted by Gasteiger charge is -2.30. The first kappa shape index (κ1) is 22.8. The Morgan fingerprint density at radius 3 is 2.44 bits per heavy atom. The predicted octanol–water partition coefficient (Wildman–Crippen LogP) is 2.96. The second-order valence-electron chi connectivity index (χ2n) is 8.42. The van der Waals surface area contributed by atoms with Crippen LogP contribution in [0.25, 0.3) is 0 Å². The third kappa shape index (κ3) is 4.53. The molecule has 0 spiro atoms. The van der Waals surface area contributed by atoms with Gasteiger partial charge >= 0.3 is 0 Å². The maximum atomic E-state index is 13.2. The monoisotopic (exact) mass is 458 g/mol. The Kier molecular flexibility index (Phi) is 6.83. The highest BCUT2D eigenvalue weighted by molar-refractivity contribution is 7.89. The highest BCUT2D eigenvalue weighted by atomic mass is 32.2. The number of hydrogen-bond acceptors (Lipinski definition) is 5. The Labute approximate surface area is 189 Å². The van der Waals surface area contributed by atoms with Gasteiger partial charge in [-0.15, -0.1) is 0 Å². The number of nitrogens with zero attached hydrogens (tertiary/aromatic N) is 1. The van der Waals surface area contributed by atoms with Gasteiger partial charge in [0.2, 0.25) is 10.0 Å². The van der Waals surface area contributed by atoms with Crippen LogP contribution in [0.3, 0.4) is 0 Å². The summed E-state index contributed by atoms with van der Waals surface area (Å²) in [7, 11) is -2.37. The van der Waals surface area contributed by atoms with Crippen molar-refractivity contribution in [2.75, 3.05) is 40.0 Å². The number of benzene rings is 2. The molecule has 4 rings (SSSR count). The van der Waals surface area contributed by atoms with E-state index in [0.29, 0.717) is 25.3 Å². The van der Waals surface area contributed by atoms with Gasteiger partial charge in [0.15, 0.2) is 0 Å². The van der Waals surface area contributed by atoms with Gasteiger partial charge in [0.05, 0.1) is 20.3 Å². The zero-order valence-electron chi connectivity index (χ0n) is 18.4. The summed E-state index contributed by atoms with van der Waals surface area (Å²) in [4.78, 5) is 13.1. The average Bonchev–Trinajstić information content (AvgIpc) is 3.33. The molecule has 2 aliphatic rings. The summed E-state index contributed by atoms with van der Waals surface area (Å²) in [6.45, 7) is 1.78. The van der Waals surface area contributed by atoms with Crippen molar-refractivity contribution in [3.63, 3.8) is 0 Å². The third-order valence-corrected chi connectivity index (χ3v) is 8.47. The number of amides is 1. The van der Waals surface area contributed by atoms with Crippen LogP contribution in [0.4, 0.5) is 0 Å². The first-order valence-corrected chi connectivity index (χ1v) is 12.5. The lowest BCUT2D eigenvalue weighted by atomic mass is 9.79. The van der Waals surface area contributed by atoms with Gasteiger partial charge in [0.1, 0.15) is 10.6 Å². The maximum Gasteiger partial charge on any atom is 0.251 e. The zero-order valence-corrected chi connectivity index (χ0v) is 19.2. The van der Waals surface area contributed by atoms with Crippen molar-refractivity contribution in [1.82, 2.24) is 9.62 Å². The minimum absolute atomic E-state index is 0.00758. The summed E-state index contributed by atoms with van der Waals surface area (Å²) in [6, 6.07) is 14.9. The van der Waals surface area contributed by atoms with E-state index in [1.54, 1.807) is 12.1 Å². The van der Waals surface area contributed by atoms with Crippen molar-refractivity contribution < 1.29 is 22.7 Å². The molecule has 2 aromatic rings. The molecule has 1 amide bonds. The van der Waals surface area contributed by atoms with Gasteiger partial charge in [-0.2, -0.15) is 4.31 Å². The van der Waals surface area contributed by atoms with Crippen LogP contribution in [-0.4, -0.2) is 58.6 Å². The van der Waals surface area contributed by atoms with E-state index in [1.807, 2.05) is 18.2 Å². The molecule has 0 bridgehead atoms. The summed E-state index contributed by atoms with van der Waals surface area (Å²) in [6.07, 6.45) is 4.32. The molecule has 8 heteroatoms. The number of hydrogen-bond donors (Lipinski definition) is 1. The van der Waals surface area contributed by atoms with Crippen molar-refractivity contribution in [2.24, 2.45) is 0 Å². The fraction of sp³-hybridized carbons (Fsp3) is 0.458. The van der Waals surface area contributed by atoms with E-state index >= 15 is 0 Å². The highest BCUT2D eigenvalue weighted by Crippen LogP contribution is 2.40. The van der Waals surface area contributed by atoms with Crippen LogP contribution in [-0.2, 0) is 20.2 Å². The Bertz CT molecular complexity index is 1040. The minimum atomic E-state index is -3.80. The molecule has 172 valence electrons. The SMILES string of the molecule is COc1ccc(C(=O)NCC2(c3ccccc3)CCCC2)cc1S(=O)(=O)N1CCOCC1. The summed E-state index contributed by atoms with van der Waals surface area (Å²) in [5.74, 6) is -0.0575. The molecule has 2 fully saturated rings. The molecule has 0 atom stereocenters. The molecule has 7 nitrogen and oxygen atoms in total. The summed E-state index contributed by atoms with van der Waals surface area (Å²) in [5.41, 5.74) is 1.47. The largest absolute Gasteiger partial charge is 0.495 e. The molecule has 2 aromatic carbocycles. The standard InChI is InChI=1S/C24H30N2O5S/c1-30-21-10-9-19(17-22(21)32(28,29)26-13-15-31-16-14-26)23(27)25-18-24(11-5-6-12-24)20-7-3-2-4-8-20/h2-4,7-10,17H,5-6,11-16,18H2,1H3,(H,25,27). The molecule has 0 unspecified atom stereocenters. The number of carbonyl (C=O) groups is 1. The highest BCUT2D eigenvalue weighted by Gasteiger charge is 2.36. The van der Waals surface area contributed by atoms with Crippen molar-refractivity contribution in [2.45, 2.75) is 36.0 Å². The number of rotatable bonds is 7. The van der Waals surface area contributed by atoms with E-state index in [9.17, 15) is 13.2 Å². The van der Waals surface area contributed by atoms with Gasteiger partial charge in [0, 0.05) is 30.6 Å². The topological polar surface area (TPSA) is 84.9 Å². The van der Waals surface area contributed by atoms with Gasteiger partial charge in [-0.05, 0) is 36.6 Å². The Morgan fingerprint density at radius 1 is 1.09 bits per heavy atom. The smallest absolute Gasteiger partial charge is 0.251 e. The molecule has 0 aromatic heterocycles. The molecule has 1 aliphatic heterocycles. The van der Waals surface area contributed by atoms with Crippen LogP contribution in [0, 0.1) is 0 Å². The summed E-state index contributed by atoms with van der Waals surface area (Å²) >= 11 is 0. The van der Waals surface area contributed by atoms with Crippen molar-refractivity contribution >= 4 is 15.9 Å². The van der Waals surface area contributed by atoms with Gasteiger partial charge in [0.25, 0.3) is 5.91 Å². The molecular formula is C24H30N2O5S. The van der Waals surface area contributed by atoms with E-state index in [0.717, 1.165) is 25.7 Å². The molecular weight excluding hydrogens is 428 g/mol. The lowest BCUT2D eigenvalue weighted by molar-refractivity contribution is 0.0729. The quantitative estimate of drug-likeness (QED) is 0.690. The lowest BCUT2D eigenvalue weighted by Crippen LogP contribution is -2.41. The first-order chi connectivity index (χ1) is 15.5. The fourth-order valence-electron chi connectivity index (χ4n) is 4.71. The molecule has 1 saturated heterocycles. The second kappa shape index (κ2) is 9.60. The van der Waals surface area contributed by atoms with Crippen LogP contribution in [0.1, 0.15) is 41.6 Å². The van der Waals surface area contributed by atoms with Crippen LogP contribution >= 0.6 is 0 Å². The summed E-state index contributed by atoms with van der Waals surface area (Å²) in [5, 5.41) is 3.07. The zero-order chi connectivity index (χ0) is 22.6. The molecule has 1 aliphatic carbocycles. The molecule has 1 saturated carbocycles. The number of carbonyl (C=O) groups excluding carboxylic acids is 1. The van der Waals surface area contributed by atoms with E-state index in [2.05, 4.69) is 17.4 Å². The van der Waals surface area contributed by atoms with Crippen LogP contribution in [0.15, 0.2) is 53.4 Å². The molecule has 0 radical (unpaired) electrons. The third-order valence-electron chi connectivity index (χ3n) is 6.55. The van der Waals surface area contributed by atoms with Crippen molar-refractivity contribution in [3.8, 4) is 5.75 Å². The number of morpholine rings is 1. The van der Waals surface area contributed by atoms with Crippen LogP contribution in [0.5, 0.6) is 5.75 Å². The maximum absolute atomic E-state index is 13.2. The second-order valence-corrected chi connectivity index (χ2v) is 10.3. The van der Waals surface area contributed by atoms with Crippen molar-refractivity contribution in [3.05, 3.63) is 59.7 Å². The fourth-order valence-corrected chi connectivity index (χ4v) is 6.30. The van der Waals surface area contributed by atoms with E-state index in [4.69, 9.17) is 9.47 Å². The van der Waals surface area contributed by atoms with Gasteiger partial charge < -0.3 is 14.8 Å². The Morgan fingerprint density at radius 2 is 1.78 bits per heavy atom. The Hall–Kier alpha value is -2.42. The van der Waals surface area contributed by atoms with E-state index in [1.165, 1.54) is 23.0 Å². The van der Waals surface area contributed by atoms with Gasteiger partial charge in [-0.25, -0.2) is 8.42 Å². The summed E-state index contributed by atoms with van der Waals surface area (Å²) < 4.78 is 38.4. The number of methoxy groups -OCH3 is 1. The normalized spacial score (nSPS) is 18.9. The first-order valence-electron chi connectivity index (χ1n) is 11.1. The van der Waals surface area contributed by atoms with Gasteiger partial charge in [-0.1, -0.05) is 43.2 Å². The number of sulfonamides is 1. The number of nitrogens with one attached hydrogen (secondary N) is 1. The average molecular weight is 459 g/mol. The molecule has 1 N–H and O–H groups in total. The van der Waals surface area contributed by atoms with E-state index < -0.39 is 10.0 Å². The van der Waals surface area contributed by atoms with Crippen molar-refractivity contribution in [1.29, 1.82) is 0 Å². The van der Waals surface area contributed by atoms with Gasteiger partial charge in [-0.3, -0.25) is 4.79 Å². The molecule has 1 heterocycles. The predicted molar refractivity (Wildman–Crippen MR) is 121 cm³/mol. The number of ether oxygens (including phenoxy) is 2. The molecule has 32 heavy (non-hydrogen) atoms. The minimum Gasteiger partial charge on any atom is -0.495 e.